The molecule has 9 heteroatoms. The van der Waals surface area contributed by atoms with Gasteiger partial charge in [-0.2, -0.15) is 0 Å². The van der Waals surface area contributed by atoms with Gasteiger partial charge in [0.25, 0.3) is 9.05 Å². The molecule has 0 N–H and O–H groups in total. The number of ether oxygens (including phenoxy) is 2. The van der Waals surface area contributed by atoms with E-state index in [4.69, 9.17) is 20.2 Å². The zero-order valence-corrected chi connectivity index (χ0v) is 11.1. The Morgan fingerprint density at radius 1 is 1.44 bits per heavy atom. The molecule has 0 spiro atoms. The molecule has 7 nitrogen and oxygen atoms in total. The lowest BCUT2D eigenvalue weighted by Gasteiger charge is -2.10. The van der Waals surface area contributed by atoms with Crippen LogP contribution in [-0.4, -0.2) is 27.1 Å². The Balaban J connectivity index is 3.59. The van der Waals surface area contributed by atoms with Crippen molar-refractivity contribution >= 4 is 25.4 Å². The van der Waals surface area contributed by atoms with Gasteiger partial charge in [0, 0.05) is 22.8 Å². The lowest BCUT2D eigenvalue weighted by Crippen LogP contribution is -2.02. The van der Waals surface area contributed by atoms with Crippen molar-refractivity contribution in [1.29, 1.82) is 0 Å². The maximum Gasteiger partial charge on any atom is 0.316 e. The number of nitro benzene ring substituents is 1. The van der Waals surface area contributed by atoms with Crippen LogP contribution in [0.5, 0.6) is 11.5 Å². The van der Waals surface area contributed by atoms with Crippen molar-refractivity contribution in [3.05, 3.63) is 22.2 Å². The van der Waals surface area contributed by atoms with E-state index >= 15 is 0 Å². The molecule has 1 rings (SSSR count). The van der Waals surface area contributed by atoms with Crippen LogP contribution in [-0.2, 0) is 9.05 Å². The monoisotopic (exact) mass is 295 g/mol. The van der Waals surface area contributed by atoms with Crippen LogP contribution in [0, 0.1) is 10.1 Å². The zero-order valence-electron chi connectivity index (χ0n) is 9.54. The normalized spacial score (nSPS) is 11.1. The molecule has 0 heterocycles. The minimum Gasteiger partial charge on any atom is -0.490 e. The van der Waals surface area contributed by atoms with Gasteiger partial charge in [-0.1, -0.05) is 0 Å². The van der Waals surface area contributed by atoms with Gasteiger partial charge in [0.1, 0.15) is 0 Å². The molecule has 0 aromatic heterocycles. The summed E-state index contributed by atoms with van der Waals surface area (Å²) in [5.41, 5.74) is -0.525. The van der Waals surface area contributed by atoms with E-state index in [-0.39, 0.29) is 18.1 Å². The Kier molecular flexibility index (Phi) is 4.36. The van der Waals surface area contributed by atoms with Gasteiger partial charge in [-0.3, -0.25) is 10.1 Å². The molecule has 0 atom stereocenters. The van der Waals surface area contributed by atoms with Crippen molar-refractivity contribution in [3.63, 3.8) is 0 Å². The summed E-state index contributed by atoms with van der Waals surface area (Å²) in [5, 5.41) is 10.8. The minimum absolute atomic E-state index is 0.0478. The van der Waals surface area contributed by atoms with Gasteiger partial charge < -0.3 is 9.47 Å². The van der Waals surface area contributed by atoms with Crippen LogP contribution < -0.4 is 9.47 Å². The quantitative estimate of drug-likeness (QED) is 0.468. The highest BCUT2D eigenvalue weighted by Crippen LogP contribution is 2.40. The Morgan fingerprint density at radius 3 is 2.44 bits per heavy atom. The predicted octanol–water partition coefficient (Wildman–Crippen LogP) is 1.93. The summed E-state index contributed by atoms with van der Waals surface area (Å²) in [4.78, 5) is 9.66. The third kappa shape index (κ3) is 3.02. The molecule has 0 unspecified atom stereocenters. The first kappa shape index (κ1) is 14.5. The average Bonchev–Trinajstić information content (AvgIpc) is 2.27. The highest BCUT2D eigenvalue weighted by molar-refractivity contribution is 8.13. The molecule has 1 aromatic carbocycles. The predicted molar refractivity (Wildman–Crippen MR) is 63.9 cm³/mol. The van der Waals surface area contributed by atoms with Crippen molar-refractivity contribution in [2.75, 3.05) is 13.7 Å². The maximum absolute atomic E-state index is 11.2. The average molecular weight is 296 g/mol. The van der Waals surface area contributed by atoms with Gasteiger partial charge >= 0.3 is 5.69 Å². The highest BCUT2D eigenvalue weighted by Gasteiger charge is 2.25. The van der Waals surface area contributed by atoms with Crippen LogP contribution in [0.4, 0.5) is 5.69 Å². The molecule has 0 saturated heterocycles. The van der Waals surface area contributed by atoms with Crippen LogP contribution in [0.3, 0.4) is 0 Å². The van der Waals surface area contributed by atoms with E-state index in [0.717, 1.165) is 12.1 Å². The molecule has 0 aliphatic heterocycles. The number of hydrogen-bond acceptors (Lipinski definition) is 6. The fourth-order valence-electron chi connectivity index (χ4n) is 1.31. The summed E-state index contributed by atoms with van der Waals surface area (Å²) in [6.45, 7) is 1.84. The standard InChI is InChI=1S/C9H10ClNO6S/c1-3-17-8-5-6(18(10,14)15)4-7(11(12)13)9(8)16-2/h4-5H,3H2,1-2H3. The van der Waals surface area contributed by atoms with E-state index < -0.39 is 24.6 Å². The Bertz CT molecular complexity index is 571. The SMILES string of the molecule is CCOc1cc(S(=O)(=O)Cl)cc([N+](=O)[O-])c1OC. The Morgan fingerprint density at radius 2 is 2.06 bits per heavy atom. The fourth-order valence-corrected chi connectivity index (χ4v) is 2.07. The van der Waals surface area contributed by atoms with E-state index in [9.17, 15) is 18.5 Å². The molecule has 0 fully saturated rings. The number of nitro groups is 1. The molecular formula is C9H10ClNO6S. The Hall–Kier alpha value is -1.54. The summed E-state index contributed by atoms with van der Waals surface area (Å²) in [6.07, 6.45) is 0. The number of methoxy groups -OCH3 is 1. The van der Waals surface area contributed by atoms with Crippen molar-refractivity contribution in [2.24, 2.45) is 0 Å². The van der Waals surface area contributed by atoms with E-state index in [1.54, 1.807) is 6.92 Å². The molecule has 100 valence electrons. The first-order chi connectivity index (χ1) is 8.31. The van der Waals surface area contributed by atoms with Crippen LogP contribution in [0.25, 0.3) is 0 Å². The molecule has 18 heavy (non-hydrogen) atoms. The largest absolute Gasteiger partial charge is 0.490 e. The first-order valence-electron chi connectivity index (χ1n) is 4.75. The second-order valence-corrected chi connectivity index (χ2v) is 5.67. The molecule has 0 saturated carbocycles. The van der Waals surface area contributed by atoms with Crippen molar-refractivity contribution < 1.29 is 22.8 Å². The van der Waals surface area contributed by atoms with Gasteiger partial charge in [-0.25, -0.2) is 8.42 Å². The topological polar surface area (TPSA) is 95.7 Å². The molecule has 0 bridgehead atoms. The smallest absolute Gasteiger partial charge is 0.316 e. The number of nitrogens with zero attached hydrogens (tertiary/aromatic N) is 1. The zero-order chi connectivity index (χ0) is 13.9. The number of rotatable bonds is 5. The molecular weight excluding hydrogens is 286 g/mol. The number of halogens is 1. The summed E-state index contributed by atoms with van der Waals surface area (Å²) >= 11 is 0. The molecule has 0 radical (unpaired) electrons. The lowest BCUT2D eigenvalue weighted by atomic mass is 10.2. The van der Waals surface area contributed by atoms with Gasteiger partial charge in [0.2, 0.25) is 5.75 Å². The molecule has 0 aliphatic carbocycles. The summed E-state index contributed by atoms with van der Waals surface area (Å²) in [6, 6.07) is 1.90. The van der Waals surface area contributed by atoms with E-state index in [2.05, 4.69) is 0 Å². The minimum atomic E-state index is -4.09. The summed E-state index contributed by atoms with van der Waals surface area (Å²) in [5.74, 6) is -0.195. The van der Waals surface area contributed by atoms with Crippen molar-refractivity contribution in [3.8, 4) is 11.5 Å². The van der Waals surface area contributed by atoms with E-state index in [0.29, 0.717) is 0 Å². The van der Waals surface area contributed by atoms with Gasteiger partial charge in [-0.05, 0) is 6.92 Å². The molecule has 0 amide bonds. The van der Waals surface area contributed by atoms with Crippen LogP contribution in [0.2, 0.25) is 0 Å². The second-order valence-electron chi connectivity index (χ2n) is 3.10. The number of benzene rings is 1. The first-order valence-corrected chi connectivity index (χ1v) is 7.06. The van der Waals surface area contributed by atoms with Crippen LogP contribution in [0.1, 0.15) is 6.92 Å². The third-order valence-electron chi connectivity index (χ3n) is 1.99. The summed E-state index contributed by atoms with van der Waals surface area (Å²) in [7, 11) is 2.29. The second kappa shape index (κ2) is 5.40. The fraction of sp³-hybridized carbons (Fsp3) is 0.333. The van der Waals surface area contributed by atoms with Crippen LogP contribution in [0.15, 0.2) is 17.0 Å². The number of hydrogen-bond donors (Lipinski definition) is 0. The summed E-state index contributed by atoms with van der Waals surface area (Å²) < 4.78 is 32.4. The third-order valence-corrected chi connectivity index (χ3v) is 3.32. The van der Waals surface area contributed by atoms with Gasteiger partial charge in [-0.15, -0.1) is 0 Å². The van der Waals surface area contributed by atoms with E-state index in [1.165, 1.54) is 7.11 Å². The molecule has 1 aromatic rings. The van der Waals surface area contributed by atoms with Crippen molar-refractivity contribution in [1.82, 2.24) is 0 Å². The Labute approximate surface area is 108 Å². The van der Waals surface area contributed by atoms with Gasteiger partial charge in [0.05, 0.1) is 23.5 Å². The van der Waals surface area contributed by atoms with E-state index in [1.807, 2.05) is 0 Å². The highest BCUT2D eigenvalue weighted by atomic mass is 35.7. The molecule has 0 aliphatic rings. The van der Waals surface area contributed by atoms with Gasteiger partial charge in [0.15, 0.2) is 5.75 Å². The maximum atomic E-state index is 11.2. The van der Waals surface area contributed by atoms with Crippen LogP contribution >= 0.6 is 10.7 Å². The lowest BCUT2D eigenvalue weighted by molar-refractivity contribution is -0.386. The van der Waals surface area contributed by atoms with Crippen molar-refractivity contribution in [2.45, 2.75) is 11.8 Å².